The topological polar surface area (TPSA) is 23.6 Å². The molecule has 0 aliphatic carbocycles. The number of rotatable bonds is 7. The quantitative estimate of drug-likeness (QED) is 0.567. The summed E-state index contributed by atoms with van der Waals surface area (Å²) in [7, 11) is 0. The van der Waals surface area contributed by atoms with Crippen molar-refractivity contribution in [1.29, 1.82) is 0 Å². The molecule has 3 nitrogen and oxygen atoms in total. The number of fused-ring (bicyclic) bond motifs is 1. The fraction of sp³-hybridized carbons (Fsp3) is 0.389. The van der Waals surface area contributed by atoms with Gasteiger partial charge in [0.2, 0.25) is 5.91 Å². The van der Waals surface area contributed by atoms with Gasteiger partial charge in [0.05, 0.1) is 5.38 Å². The molecule has 4 heteroatoms. The molecule has 1 atom stereocenters. The van der Waals surface area contributed by atoms with E-state index in [1.54, 1.807) is 6.92 Å². The molecule has 1 heterocycles. The summed E-state index contributed by atoms with van der Waals surface area (Å²) in [5.41, 5.74) is 3.33. The van der Waals surface area contributed by atoms with E-state index in [0.717, 1.165) is 43.9 Å². The van der Waals surface area contributed by atoms with Gasteiger partial charge in [-0.15, -0.1) is 24.8 Å². The Morgan fingerprint density at radius 3 is 2.68 bits per heavy atom. The third-order valence-corrected chi connectivity index (χ3v) is 4.32. The fourth-order valence-corrected chi connectivity index (χ4v) is 3.20. The molecule has 0 radical (unpaired) electrons. The number of nitrogens with zero attached hydrogens (tertiary/aromatic N) is 2. The van der Waals surface area contributed by atoms with E-state index in [2.05, 4.69) is 24.1 Å². The SMILES string of the molecule is C=CCN(CC=C)CC(Cl)c1ccc2c(c1)CCN2C(C)=O. The number of carbonyl (C=O) groups is 1. The number of alkyl halides is 1. The van der Waals surface area contributed by atoms with Gasteiger partial charge >= 0.3 is 0 Å². The van der Waals surface area contributed by atoms with Crippen molar-refractivity contribution >= 4 is 23.2 Å². The largest absolute Gasteiger partial charge is 0.312 e. The van der Waals surface area contributed by atoms with E-state index in [0.29, 0.717) is 0 Å². The molecule has 22 heavy (non-hydrogen) atoms. The first kappa shape index (κ1) is 16.8. The smallest absolute Gasteiger partial charge is 0.223 e. The Labute approximate surface area is 137 Å². The van der Waals surface area contributed by atoms with E-state index in [9.17, 15) is 4.79 Å². The molecule has 0 saturated carbocycles. The van der Waals surface area contributed by atoms with Gasteiger partial charge in [0.25, 0.3) is 0 Å². The second kappa shape index (κ2) is 7.61. The Balaban J connectivity index is 2.11. The van der Waals surface area contributed by atoms with Crippen molar-refractivity contribution in [2.75, 3.05) is 31.1 Å². The Kier molecular flexibility index (Phi) is 5.81. The number of hydrogen-bond acceptors (Lipinski definition) is 2. The van der Waals surface area contributed by atoms with E-state index < -0.39 is 0 Å². The van der Waals surface area contributed by atoms with E-state index in [4.69, 9.17) is 11.6 Å². The highest BCUT2D eigenvalue weighted by Crippen LogP contribution is 2.32. The Hall–Kier alpha value is -1.58. The highest BCUT2D eigenvalue weighted by atomic mass is 35.5. The van der Waals surface area contributed by atoms with Crippen molar-refractivity contribution < 1.29 is 4.79 Å². The summed E-state index contributed by atoms with van der Waals surface area (Å²) < 4.78 is 0. The lowest BCUT2D eigenvalue weighted by molar-refractivity contribution is -0.116. The Morgan fingerprint density at radius 1 is 1.41 bits per heavy atom. The number of benzene rings is 1. The average Bonchev–Trinajstić information content (AvgIpc) is 2.90. The molecule has 0 aromatic heterocycles. The molecule has 118 valence electrons. The van der Waals surface area contributed by atoms with Crippen LogP contribution in [0.2, 0.25) is 0 Å². The van der Waals surface area contributed by atoms with Gasteiger partial charge in [-0.2, -0.15) is 0 Å². The summed E-state index contributed by atoms with van der Waals surface area (Å²) in [6.07, 6.45) is 4.65. The molecule has 0 fully saturated rings. The van der Waals surface area contributed by atoms with Crippen LogP contribution in [0.25, 0.3) is 0 Å². The first-order valence-electron chi connectivity index (χ1n) is 7.56. The van der Waals surface area contributed by atoms with Crippen molar-refractivity contribution in [2.24, 2.45) is 0 Å². The zero-order valence-electron chi connectivity index (χ0n) is 13.1. The maximum Gasteiger partial charge on any atom is 0.223 e. The van der Waals surface area contributed by atoms with Crippen LogP contribution in [0.5, 0.6) is 0 Å². The lowest BCUT2D eigenvalue weighted by atomic mass is 10.1. The van der Waals surface area contributed by atoms with Crippen LogP contribution >= 0.6 is 11.6 Å². The summed E-state index contributed by atoms with van der Waals surface area (Å²) in [5, 5.41) is -0.0865. The Morgan fingerprint density at radius 2 is 2.09 bits per heavy atom. The number of hydrogen-bond donors (Lipinski definition) is 0. The van der Waals surface area contributed by atoms with Gasteiger partial charge in [0.1, 0.15) is 0 Å². The van der Waals surface area contributed by atoms with Gasteiger partial charge < -0.3 is 4.90 Å². The molecule has 0 N–H and O–H groups in total. The van der Waals surface area contributed by atoms with Crippen LogP contribution in [0, 0.1) is 0 Å². The zero-order chi connectivity index (χ0) is 16.1. The van der Waals surface area contributed by atoms with Crippen LogP contribution in [0.15, 0.2) is 43.5 Å². The molecule has 1 unspecified atom stereocenters. The molecule has 0 saturated heterocycles. The first-order valence-corrected chi connectivity index (χ1v) is 7.99. The van der Waals surface area contributed by atoms with Crippen LogP contribution in [0.1, 0.15) is 23.4 Å². The van der Waals surface area contributed by atoms with Crippen molar-refractivity contribution in [3.63, 3.8) is 0 Å². The molecule has 1 aromatic carbocycles. The lowest BCUT2D eigenvalue weighted by Crippen LogP contribution is -2.27. The van der Waals surface area contributed by atoms with E-state index in [1.807, 2.05) is 29.2 Å². The third-order valence-electron chi connectivity index (χ3n) is 3.93. The minimum Gasteiger partial charge on any atom is -0.312 e. The van der Waals surface area contributed by atoms with Crippen LogP contribution in [-0.2, 0) is 11.2 Å². The van der Waals surface area contributed by atoms with Crippen LogP contribution in [0.4, 0.5) is 5.69 Å². The van der Waals surface area contributed by atoms with Crippen molar-refractivity contribution in [3.8, 4) is 0 Å². The van der Waals surface area contributed by atoms with Crippen molar-refractivity contribution in [3.05, 3.63) is 54.6 Å². The van der Waals surface area contributed by atoms with Crippen LogP contribution in [0.3, 0.4) is 0 Å². The highest BCUT2D eigenvalue weighted by Gasteiger charge is 2.23. The van der Waals surface area contributed by atoms with Crippen molar-refractivity contribution in [1.82, 2.24) is 4.90 Å². The summed E-state index contributed by atoms with van der Waals surface area (Å²) in [6.45, 7) is 12.3. The molecule has 0 bridgehead atoms. The normalized spacial score (nSPS) is 14.8. The predicted molar refractivity (Wildman–Crippen MR) is 93.6 cm³/mol. The molecule has 1 aromatic rings. The number of carbonyl (C=O) groups excluding carboxylic acids is 1. The van der Waals surface area contributed by atoms with Crippen LogP contribution in [-0.4, -0.2) is 37.0 Å². The standard InChI is InChI=1S/C18H23ClN2O/c1-4-9-20(10-5-2)13-17(19)15-6-7-18-16(12-15)8-11-21(18)14(3)22/h4-7,12,17H,1-2,8-11,13H2,3H3. The first-order chi connectivity index (χ1) is 10.6. The molecular weight excluding hydrogens is 296 g/mol. The van der Waals surface area contributed by atoms with Gasteiger partial charge in [0.15, 0.2) is 0 Å². The summed E-state index contributed by atoms with van der Waals surface area (Å²) >= 11 is 6.58. The second-order valence-corrected chi connectivity index (χ2v) is 6.10. The number of amides is 1. The van der Waals surface area contributed by atoms with E-state index in [-0.39, 0.29) is 11.3 Å². The Bertz CT molecular complexity index is 560. The molecule has 1 aliphatic rings. The maximum absolute atomic E-state index is 11.6. The highest BCUT2D eigenvalue weighted by molar-refractivity contribution is 6.21. The summed E-state index contributed by atoms with van der Waals surface area (Å²) in [6, 6.07) is 6.17. The maximum atomic E-state index is 11.6. The molecular formula is C18H23ClN2O. The second-order valence-electron chi connectivity index (χ2n) is 5.57. The molecule has 0 spiro atoms. The van der Waals surface area contributed by atoms with Gasteiger partial charge in [-0.1, -0.05) is 24.3 Å². The minimum atomic E-state index is -0.0865. The predicted octanol–water partition coefficient (Wildman–Crippen LogP) is 3.55. The number of anilines is 1. The van der Waals surface area contributed by atoms with Crippen molar-refractivity contribution in [2.45, 2.75) is 18.7 Å². The van der Waals surface area contributed by atoms with Crippen LogP contribution < -0.4 is 4.90 Å². The minimum absolute atomic E-state index is 0.0865. The lowest BCUT2D eigenvalue weighted by Gasteiger charge is -2.22. The fourth-order valence-electron chi connectivity index (χ4n) is 2.86. The van der Waals surface area contributed by atoms with Gasteiger partial charge in [-0.25, -0.2) is 0 Å². The molecule has 1 aliphatic heterocycles. The monoisotopic (exact) mass is 318 g/mol. The third kappa shape index (κ3) is 3.79. The van der Waals surface area contributed by atoms with Gasteiger partial charge in [-0.05, 0) is 23.6 Å². The van der Waals surface area contributed by atoms with Gasteiger partial charge in [-0.3, -0.25) is 9.69 Å². The summed E-state index contributed by atoms with van der Waals surface area (Å²) in [4.78, 5) is 15.6. The van der Waals surface area contributed by atoms with E-state index >= 15 is 0 Å². The molecule has 1 amide bonds. The van der Waals surface area contributed by atoms with Gasteiger partial charge in [0, 0.05) is 38.8 Å². The number of halogens is 1. The summed E-state index contributed by atoms with van der Waals surface area (Å²) in [5.74, 6) is 0.0945. The average molecular weight is 319 g/mol. The zero-order valence-corrected chi connectivity index (χ0v) is 13.9. The molecule has 2 rings (SSSR count). The van der Waals surface area contributed by atoms with E-state index in [1.165, 1.54) is 5.56 Å².